The molecule has 4 heteroatoms. The number of hydrogen-bond acceptors (Lipinski definition) is 2. The van der Waals surface area contributed by atoms with Crippen LogP contribution in [0.15, 0.2) is 42.5 Å². The predicted octanol–water partition coefficient (Wildman–Crippen LogP) is 4.30. The number of hydrazine groups is 1. The van der Waals surface area contributed by atoms with Gasteiger partial charge in [-0.15, -0.1) is 0 Å². The normalized spacial score (nSPS) is 16.5. The summed E-state index contributed by atoms with van der Waals surface area (Å²) in [5, 5.41) is 0.114. The van der Waals surface area contributed by atoms with Gasteiger partial charge in [-0.2, -0.15) is 0 Å². The predicted molar refractivity (Wildman–Crippen MR) is 83.6 cm³/mol. The lowest BCUT2D eigenvalue weighted by Gasteiger charge is -2.26. The van der Waals surface area contributed by atoms with Crippen molar-refractivity contribution in [1.29, 1.82) is 0 Å². The van der Waals surface area contributed by atoms with E-state index in [-0.39, 0.29) is 11.1 Å². The van der Waals surface area contributed by atoms with E-state index in [1.807, 2.05) is 12.1 Å². The number of rotatable bonds is 4. The number of halogens is 2. The topological polar surface area (TPSA) is 38.0 Å². The molecule has 0 radical (unpaired) electrons. The minimum Gasteiger partial charge on any atom is -0.271 e. The van der Waals surface area contributed by atoms with Crippen LogP contribution in [0, 0.1) is 5.82 Å². The fraction of sp³-hybridized carbons (Fsp3) is 0.294. The second-order valence-corrected chi connectivity index (χ2v) is 5.92. The number of hydrogen-bond donors (Lipinski definition) is 2. The summed E-state index contributed by atoms with van der Waals surface area (Å²) in [5.74, 6) is 5.93. The molecule has 1 saturated carbocycles. The minimum atomic E-state index is -0.430. The first-order valence-electron chi connectivity index (χ1n) is 7.20. The Morgan fingerprint density at radius 2 is 1.86 bits per heavy atom. The largest absolute Gasteiger partial charge is 0.271 e. The van der Waals surface area contributed by atoms with Gasteiger partial charge >= 0.3 is 0 Å². The van der Waals surface area contributed by atoms with E-state index < -0.39 is 5.82 Å². The van der Waals surface area contributed by atoms with E-state index in [0.717, 1.165) is 5.56 Å². The highest BCUT2D eigenvalue weighted by molar-refractivity contribution is 6.31. The Bertz CT molecular complexity index is 623. The summed E-state index contributed by atoms with van der Waals surface area (Å²) < 4.78 is 13.6. The first kappa shape index (κ1) is 14.5. The highest BCUT2D eigenvalue weighted by Crippen LogP contribution is 2.37. The van der Waals surface area contributed by atoms with E-state index in [4.69, 9.17) is 17.4 Å². The smallest absolute Gasteiger partial charge is 0.142 e. The van der Waals surface area contributed by atoms with Gasteiger partial charge in [0.2, 0.25) is 0 Å². The summed E-state index contributed by atoms with van der Waals surface area (Å²) in [5.41, 5.74) is 5.72. The first-order valence-corrected chi connectivity index (χ1v) is 7.58. The van der Waals surface area contributed by atoms with Crippen molar-refractivity contribution in [1.82, 2.24) is 5.43 Å². The van der Waals surface area contributed by atoms with Crippen molar-refractivity contribution >= 4 is 11.6 Å². The van der Waals surface area contributed by atoms with Crippen LogP contribution < -0.4 is 11.3 Å². The Balaban J connectivity index is 1.90. The number of benzene rings is 2. The Kier molecular flexibility index (Phi) is 4.24. The Hall–Kier alpha value is -1.42. The third kappa shape index (κ3) is 2.82. The number of nitrogens with two attached hydrogens (primary N) is 1. The molecule has 1 aliphatic rings. The van der Waals surface area contributed by atoms with Gasteiger partial charge in [-0.3, -0.25) is 5.84 Å². The SMILES string of the molecule is NNC(c1ccc(C2CCC2)cc1)c1cccc(F)c1Cl. The van der Waals surface area contributed by atoms with Crippen molar-refractivity contribution in [3.63, 3.8) is 0 Å². The van der Waals surface area contributed by atoms with E-state index >= 15 is 0 Å². The average Bonchev–Trinajstić information content (AvgIpc) is 2.44. The molecule has 3 rings (SSSR count). The van der Waals surface area contributed by atoms with E-state index in [2.05, 4.69) is 17.6 Å². The molecule has 0 aliphatic heterocycles. The van der Waals surface area contributed by atoms with E-state index in [1.165, 1.54) is 30.9 Å². The zero-order chi connectivity index (χ0) is 14.8. The summed E-state index contributed by atoms with van der Waals surface area (Å²) in [6, 6.07) is 12.8. The molecule has 1 unspecified atom stereocenters. The fourth-order valence-corrected chi connectivity index (χ4v) is 3.05. The van der Waals surface area contributed by atoms with E-state index in [9.17, 15) is 4.39 Å². The van der Waals surface area contributed by atoms with Gasteiger partial charge in [0, 0.05) is 0 Å². The van der Waals surface area contributed by atoms with Gasteiger partial charge in [0.15, 0.2) is 0 Å². The summed E-state index contributed by atoms with van der Waals surface area (Å²) in [6.45, 7) is 0. The second kappa shape index (κ2) is 6.14. The zero-order valence-electron chi connectivity index (χ0n) is 11.7. The standard InChI is InChI=1S/C17H18ClFN2/c18-16-14(5-2-6-15(16)19)17(21-20)13-9-7-12(8-10-13)11-3-1-4-11/h2,5-11,17,21H,1,3-4,20H2. The molecule has 21 heavy (non-hydrogen) atoms. The van der Waals surface area contributed by atoms with Crippen molar-refractivity contribution in [2.24, 2.45) is 5.84 Å². The molecule has 1 aliphatic carbocycles. The fourth-order valence-electron chi connectivity index (χ4n) is 2.81. The van der Waals surface area contributed by atoms with Crippen LogP contribution in [0.5, 0.6) is 0 Å². The highest BCUT2D eigenvalue weighted by atomic mass is 35.5. The number of nitrogens with one attached hydrogen (secondary N) is 1. The van der Waals surface area contributed by atoms with Gasteiger partial charge in [0.05, 0.1) is 11.1 Å². The van der Waals surface area contributed by atoms with Crippen LogP contribution in [0.3, 0.4) is 0 Å². The molecule has 3 N–H and O–H groups in total. The van der Waals surface area contributed by atoms with E-state index in [0.29, 0.717) is 11.5 Å². The quantitative estimate of drug-likeness (QED) is 0.653. The lowest BCUT2D eigenvalue weighted by Crippen LogP contribution is -2.29. The van der Waals surface area contributed by atoms with Gasteiger partial charge in [0.25, 0.3) is 0 Å². The molecule has 0 spiro atoms. The van der Waals surface area contributed by atoms with Gasteiger partial charge in [0.1, 0.15) is 5.82 Å². The van der Waals surface area contributed by atoms with Crippen LogP contribution in [-0.4, -0.2) is 0 Å². The summed E-state index contributed by atoms with van der Waals surface area (Å²) >= 11 is 6.06. The van der Waals surface area contributed by atoms with Crippen molar-refractivity contribution in [2.75, 3.05) is 0 Å². The average molecular weight is 305 g/mol. The van der Waals surface area contributed by atoms with Gasteiger partial charge < -0.3 is 0 Å². The molecule has 0 heterocycles. The second-order valence-electron chi connectivity index (χ2n) is 5.54. The van der Waals surface area contributed by atoms with Crippen LogP contribution in [0.1, 0.15) is 47.9 Å². The van der Waals surface area contributed by atoms with Gasteiger partial charge in [-0.05, 0) is 41.5 Å². The van der Waals surface area contributed by atoms with Crippen LogP contribution in [0.25, 0.3) is 0 Å². The molecule has 1 fully saturated rings. The molecule has 2 aromatic carbocycles. The molecule has 0 saturated heterocycles. The highest BCUT2D eigenvalue weighted by Gasteiger charge is 2.21. The summed E-state index contributed by atoms with van der Waals surface area (Å²) in [6.07, 6.45) is 3.86. The molecule has 0 bridgehead atoms. The Morgan fingerprint density at radius 1 is 1.14 bits per heavy atom. The van der Waals surface area contributed by atoms with Gasteiger partial charge in [-0.1, -0.05) is 54.4 Å². The third-order valence-electron chi connectivity index (χ3n) is 4.31. The van der Waals surface area contributed by atoms with Gasteiger partial charge in [-0.25, -0.2) is 9.82 Å². The maximum atomic E-state index is 13.6. The summed E-state index contributed by atoms with van der Waals surface area (Å²) in [4.78, 5) is 0. The maximum Gasteiger partial charge on any atom is 0.142 e. The zero-order valence-corrected chi connectivity index (χ0v) is 12.4. The first-order chi connectivity index (χ1) is 10.2. The Morgan fingerprint density at radius 3 is 2.43 bits per heavy atom. The van der Waals surface area contributed by atoms with Crippen molar-refractivity contribution < 1.29 is 4.39 Å². The van der Waals surface area contributed by atoms with Crippen molar-refractivity contribution in [2.45, 2.75) is 31.2 Å². The monoisotopic (exact) mass is 304 g/mol. The molecule has 2 aromatic rings. The molecule has 0 aromatic heterocycles. The molecule has 1 atom stereocenters. The van der Waals surface area contributed by atoms with Crippen LogP contribution in [0.4, 0.5) is 4.39 Å². The van der Waals surface area contributed by atoms with Crippen molar-refractivity contribution in [3.05, 3.63) is 70.0 Å². The van der Waals surface area contributed by atoms with Crippen LogP contribution in [0.2, 0.25) is 5.02 Å². The molecule has 110 valence electrons. The molecule has 2 nitrogen and oxygen atoms in total. The molecule has 0 amide bonds. The van der Waals surface area contributed by atoms with Crippen molar-refractivity contribution in [3.8, 4) is 0 Å². The third-order valence-corrected chi connectivity index (χ3v) is 4.70. The van der Waals surface area contributed by atoms with Crippen LogP contribution in [-0.2, 0) is 0 Å². The van der Waals surface area contributed by atoms with Crippen LogP contribution >= 0.6 is 11.6 Å². The lowest BCUT2D eigenvalue weighted by atomic mass is 9.79. The Labute approximate surface area is 129 Å². The molecular weight excluding hydrogens is 287 g/mol. The maximum absolute atomic E-state index is 13.6. The molecular formula is C17H18ClFN2. The lowest BCUT2D eigenvalue weighted by molar-refractivity contribution is 0.419. The minimum absolute atomic E-state index is 0.114. The van der Waals surface area contributed by atoms with E-state index in [1.54, 1.807) is 12.1 Å². The summed E-state index contributed by atoms with van der Waals surface area (Å²) in [7, 11) is 0.